The van der Waals surface area contributed by atoms with Gasteiger partial charge in [-0.3, -0.25) is 0 Å². The molecule has 0 aliphatic rings. The molecule has 0 rings (SSSR count). The predicted octanol–water partition coefficient (Wildman–Crippen LogP) is 2.94. The molecule has 0 heterocycles. The van der Waals surface area contributed by atoms with Crippen LogP contribution in [0.5, 0.6) is 0 Å². The molecule has 0 saturated carbocycles. The molecule has 0 amide bonds. The summed E-state index contributed by atoms with van der Waals surface area (Å²) in [4.78, 5) is 0. The van der Waals surface area contributed by atoms with E-state index >= 15 is 0 Å². The first-order valence-corrected chi connectivity index (χ1v) is 9.69. The molecule has 0 aliphatic heterocycles. The molecule has 0 nitrogen and oxygen atoms in total. The third-order valence-electron chi connectivity index (χ3n) is 0. The first-order valence-electron chi connectivity index (χ1n) is 1.18. The van der Waals surface area contributed by atoms with Crippen LogP contribution in [0.4, 0.5) is 21.2 Å². The zero-order chi connectivity index (χ0) is 7.38. The summed E-state index contributed by atoms with van der Waals surface area (Å²) in [6.45, 7) is 0. The van der Waals surface area contributed by atoms with Crippen molar-refractivity contribution in [1.82, 2.24) is 0 Å². The van der Waals surface area contributed by atoms with Gasteiger partial charge >= 0.3 is 38.2 Å². The first kappa shape index (κ1) is 8.25. The van der Waals surface area contributed by atoms with Crippen LogP contribution in [0.2, 0.25) is 0 Å². The van der Waals surface area contributed by atoms with Gasteiger partial charge in [-0.25, -0.2) is 0 Å². The Morgan fingerprint density at radius 3 is 0.500 bits per heavy atom. The topological polar surface area (TPSA) is 0 Å². The van der Waals surface area contributed by atoms with E-state index in [0.717, 1.165) is 0 Å². The van der Waals surface area contributed by atoms with Crippen molar-refractivity contribution in [2.24, 2.45) is 0 Å². The van der Waals surface area contributed by atoms with E-state index in [1.165, 1.54) is 0 Å². The van der Waals surface area contributed by atoms with Gasteiger partial charge in [0.15, 0.2) is 0 Å². The molecule has 0 spiro atoms. The van der Waals surface area contributed by atoms with Crippen LogP contribution in [0.3, 0.4) is 0 Å². The summed E-state index contributed by atoms with van der Waals surface area (Å²) in [6.07, 6.45) is 0. The maximum atomic E-state index is 9.94. The fraction of sp³-hybridized carbons (Fsp3) is 0. The van der Waals surface area contributed by atoms with Gasteiger partial charge in [-0.15, -0.1) is 0 Å². The fourth-order valence-electron chi connectivity index (χ4n) is 0. The van der Waals surface area contributed by atoms with Crippen LogP contribution < -0.4 is 0 Å². The monoisotopic (exact) mass is 314 g/mol. The maximum absolute atomic E-state index is 13.4. The van der Waals surface area contributed by atoms with Crippen molar-refractivity contribution in [3.8, 4) is 0 Å². The van der Waals surface area contributed by atoms with Crippen molar-refractivity contribution < 1.29 is 38.2 Å². The van der Waals surface area contributed by atoms with Crippen molar-refractivity contribution in [3.63, 3.8) is 0 Å². The van der Waals surface area contributed by atoms with Crippen LogP contribution >= 0.6 is 0 Å². The van der Waals surface area contributed by atoms with Crippen LogP contribution in [-0.4, -0.2) is 0 Å². The molecule has 56 valence electrons. The summed E-state index contributed by atoms with van der Waals surface area (Å²) in [5.41, 5.74) is 0. The van der Waals surface area contributed by atoms with Crippen molar-refractivity contribution in [2.45, 2.75) is 0 Å². The minimum atomic E-state index is -13.4. The molecule has 0 saturated heterocycles. The van der Waals surface area contributed by atoms with E-state index in [-0.39, 0.29) is 0 Å². The average Bonchev–Trinajstić information content (AvgIpc) is 0.544. The molecule has 0 aromatic rings. The van der Waals surface area contributed by atoms with E-state index in [1.54, 1.807) is 0 Å². The van der Waals surface area contributed by atoms with E-state index in [4.69, 9.17) is 0 Å². The van der Waals surface area contributed by atoms with Gasteiger partial charge in [-0.2, -0.15) is 0 Å². The summed E-state index contributed by atoms with van der Waals surface area (Å²) in [7, 11) is 0. The number of hydrogen-bond donors (Lipinski definition) is 0. The molecular weight excluding hydrogens is 314 g/mol. The Balaban J connectivity index is 5.14. The second-order valence-electron chi connectivity index (χ2n) is 1.34. The molecule has 0 bridgehead atoms. The van der Waals surface area contributed by atoms with Crippen molar-refractivity contribution in [2.75, 3.05) is 0 Å². The van der Waals surface area contributed by atoms with E-state index in [1.807, 2.05) is 0 Å². The van der Waals surface area contributed by atoms with Gasteiger partial charge < -0.3 is 0 Å². The minimum absolute atomic E-state index is 9.94. The van der Waals surface area contributed by atoms with Crippen LogP contribution in [0, 0.1) is 0 Å². The molecule has 8 heavy (non-hydrogen) atoms. The number of rotatable bonds is 0. The molecular formula is F7Ta-2. The summed E-state index contributed by atoms with van der Waals surface area (Å²) in [5.74, 6) is 0. The summed E-state index contributed by atoms with van der Waals surface area (Å²) in [5, 5.41) is 0. The molecule has 0 aromatic carbocycles. The Kier molecular flexibility index (Phi) is 0.647. The van der Waals surface area contributed by atoms with Crippen molar-refractivity contribution in [3.05, 3.63) is 0 Å². The van der Waals surface area contributed by atoms with E-state index in [2.05, 4.69) is 0 Å². The fourth-order valence-corrected chi connectivity index (χ4v) is 0. The molecule has 0 unspecified atom stereocenters. The first-order chi connectivity index (χ1) is 2.65. The van der Waals surface area contributed by atoms with E-state index in [9.17, 15) is 21.2 Å². The van der Waals surface area contributed by atoms with E-state index in [0.29, 0.717) is 0 Å². The summed E-state index contributed by atoms with van der Waals surface area (Å²) < 4.78 is 69.6. The van der Waals surface area contributed by atoms with Crippen LogP contribution in [0.1, 0.15) is 0 Å². The SMILES string of the molecule is [F][Ta-2]([F])([F])([F])([F])([F])[F]. The zero-order valence-electron chi connectivity index (χ0n) is 3.09. The Hall–Kier alpha value is 0.250. The molecule has 0 aromatic heterocycles. The standard InChI is InChI=1S/7FH.Ta/h7*1H;/q;;;;;;;+5/p-7. The van der Waals surface area contributed by atoms with Gasteiger partial charge in [-0.1, -0.05) is 0 Å². The number of halogens is 7. The normalized spacial score (nSPS) is 27.1. The Labute approximate surface area is 39.0 Å². The Morgan fingerprint density at radius 1 is 0.500 bits per heavy atom. The van der Waals surface area contributed by atoms with Gasteiger partial charge in [-0.05, 0) is 0 Å². The van der Waals surface area contributed by atoms with Crippen LogP contribution in [0.15, 0.2) is 0 Å². The van der Waals surface area contributed by atoms with Crippen molar-refractivity contribution in [1.29, 1.82) is 0 Å². The molecule has 0 aliphatic carbocycles. The zero-order valence-corrected chi connectivity index (χ0v) is 6.31. The average molecular weight is 314 g/mol. The summed E-state index contributed by atoms with van der Waals surface area (Å²) >= 11 is -13.4. The van der Waals surface area contributed by atoms with Gasteiger partial charge in [0.1, 0.15) is 0 Å². The van der Waals surface area contributed by atoms with Crippen molar-refractivity contribution >= 4 is 0 Å². The second-order valence-corrected chi connectivity index (χ2v) is 11.0. The quantitative estimate of drug-likeness (QED) is 0.603. The van der Waals surface area contributed by atoms with E-state index < -0.39 is 17.0 Å². The predicted molar refractivity (Wildman–Crippen MR) is 7.76 cm³/mol. The van der Waals surface area contributed by atoms with Gasteiger partial charge in [0.25, 0.3) is 0 Å². The Bertz CT molecular complexity index is 96.6. The summed E-state index contributed by atoms with van der Waals surface area (Å²) in [6, 6.07) is 0. The third kappa shape index (κ3) is 2750. The van der Waals surface area contributed by atoms with Gasteiger partial charge in [0.2, 0.25) is 0 Å². The second kappa shape index (κ2) is 0.627. The molecule has 0 fully saturated rings. The Morgan fingerprint density at radius 2 is 0.500 bits per heavy atom. The molecule has 0 N–H and O–H groups in total. The van der Waals surface area contributed by atoms with Gasteiger partial charge in [0.05, 0.1) is 0 Å². The van der Waals surface area contributed by atoms with Gasteiger partial charge in [0, 0.05) is 0 Å². The van der Waals surface area contributed by atoms with Crippen LogP contribution in [0.25, 0.3) is 0 Å². The third-order valence-corrected chi connectivity index (χ3v) is 0. The molecule has 0 radical (unpaired) electrons. The van der Waals surface area contributed by atoms with Crippen LogP contribution in [-0.2, 0) is 17.0 Å². The molecule has 0 atom stereocenters. The number of hydrogen-bond acceptors (Lipinski definition) is 0. The molecule has 8 heteroatoms.